The Labute approximate surface area is 207 Å². The van der Waals surface area contributed by atoms with Gasteiger partial charge in [0, 0.05) is 17.1 Å². The summed E-state index contributed by atoms with van der Waals surface area (Å²) < 4.78 is 27.6. The number of hydrazone groups is 1. The number of halogens is 3. The third-order valence-corrected chi connectivity index (χ3v) is 7.35. The molecule has 172 valence electrons. The molecule has 0 unspecified atom stereocenters. The first-order chi connectivity index (χ1) is 15.7. The van der Waals surface area contributed by atoms with E-state index in [1.54, 1.807) is 54.6 Å². The molecule has 3 rings (SSSR count). The van der Waals surface area contributed by atoms with Crippen LogP contribution in [0, 0.1) is 6.92 Å². The van der Waals surface area contributed by atoms with Crippen LogP contribution in [-0.4, -0.2) is 31.4 Å². The van der Waals surface area contributed by atoms with Gasteiger partial charge in [0.25, 0.3) is 5.91 Å². The van der Waals surface area contributed by atoms with Crippen molar-refractivity contribution < 1.29 is 13.2 Å². The van der Waals surface area contributed by atoms with Gasteiger partial charge in [-0.15, -0.1) is 0 Å². The number of carbonyl (C=O) groups is 1. The molecular weight excluding hydrogens is 505 g/mol. The topological polar surface area (TPSA) is 78.8 Å². The van der Waals surface area contributed by atoms with Crippen molar-refractivity contribution in [2.75, 3.05) is 6.54 Å². The number of benzene rings is 3. The smallest absolute Gasteiger partial charge is 0.255 e. The highest BCUT2D eigenvalue weighted by Crippen LogP contribution is 2.22. The van der Waals surface area contributed by atoms with E-state index in [0.717, 1.165) is 9.87 Å². The summed E-state index contributed by atoms with van der Waals surface area (Å²) in [6.07, 6.45) is 1.31. The second-order valence-electron chi connectivity index (χ2n) is 7.14. The van der Waals surface area contributed by atoms with Crippen LogP contribution in [0.15, 0.2) is 76.7 Å². The molecule has 0 atom stereocenters. The van der Waals surface area contributed by atoms with Crippen LogP contribution in [-0.2, 0) is 21.4 Å². The molecule has 0 radical (unpaired) electrons. The van der Waals surface area contributed by atoms with Crippen LogP contribution < -0.4 is 5.43 Å². The number of nitrogens with one attached hydrogen (secondary N) is 1. The van der Waals surface area contributed by atoms with Crippen molar-refractivity contribution in [3.8, 4) is 0 Å². The number of nitrogens with zero attached hydrogens (tertiary/aromatic N) is 2. The Bertz CT molecular complexity index is 1240. The fourth-order valence-corrected chi connectivity index (χ4v) is 4.88. The van der Waals surface area contributed by atoms with Crippen molar-refractivity contribution in [1.82, 2.24) is 9.73 Å². The van der Waals surface area contributed by atoms with Crippen molar-refractivity contribution in [3.05, 3.63) is 98.5 Å². The number of aryl methyl sites for hydroxylation is 1. The van der Waals surface area contributed by atoms with Gasteiger partial charge in [-0.3, -0.25) is 4.79 Å². The first kappa shape index (κ1) is 25.2. The minimum atomic E-state index is -3.97. The van der Waals surface area contributed by atoms with Crippen LogP contribution >= 0.6 is 34.8 Å². The number of amides is 1. The fourth-order valence-electron chi connectivity index (χ4n) is 2.88. The van der Waals surface area contributed by atoms with Crippen molar-refractivity contribution in [1.29, 1.82) is 0 Å². The molecular formula is C23H20Cl3N3O3S. The lowest BCUT2D eigenvalue weighted by molar-refractivity contribution is -0.121. The molecule has 0 bridgehead atoms. The Balaban J connectivity index is 1.81. The minimum absolute atomic E-state index is 0.0269. The van der Waals surface area contributed by atoms with Gasteiger partial charge in [-0.2, -0.15) is 9.41 Å². The van der Waals surface area contributed by atoms with Crippen molar-refractivity contribution >= 4 is 56.9 Å². The molecule has 0 aliphatic heterocycles. The maximum absolute atomic E-state index is 13.3. The summed E-state index contributed by atoms with van der Waals surface area (Å²) in [5, 5.41) is 5.13. The predicted octanol–water partition coefficient (Wildman–Crippen LogP) is 5.30. The van der Waals surface area contributed by atoms with Gasteiger partial charge in [0.2, 0.25) is 10.0 Å². The molecule has 0 spiro atoms. The van der Waals surface area contributed by atoms with Crippen molar-refractivity contribution in [2.24, 2.45) is 5.10 Å². The highest BCUT2D eigenvalue weighted by molar-refractivity contribution is 7.89. The maximum Gasteiger partial charge on any atom is 0.255 e. The van der Waals surface area contributed by atoms with E-state index in [0.29, 0.717) is 26.2 Å². The molecule has 0 aliphatic carbocycles. The predicted molar refractivity (Wildman–Crippen MR) is 132 cm³/mol. The lowest BCUT2D eigenvalue weighted by atomic mass is 10.2. The molecule has 1 N–H and O–H groups in total. The van der Waals surface area contributed by atoms with Gasteiger partial charge in [0.05, 0.1) is 27.7 Å². The second-order valence-corrected chi connectivity index (χ2v) is 10.3. The average Bonchev–Trinajstić information content (AvgIpc) is 2.77. The summed E-state index contributed by atoms with van der Waals surface area (Å²) in [6.45, 7) is 1.38. The zero-order chi connectivity index (χ0) is 24.0. The highest BCUT2D eigenvalue weighted by atomic mass is 35.5. The van der Waals surface area contributed by atoms with E-state index in [9.17, 15) is 13.2 Å². The number of hydrogen-bond acceptors (Lipinski definition) is 4. The SMILES string of the molecule is Cc1ccc(S(=O)(=O)N(CC(=O)N/N=C\c2c(Cl)cccc2Cl)Cc2ccc(Cl)cc2)cc1. The van der Waals surface area contributed by atoms with E-state index < -0.39 is 22.5 Å². The van der Waals surface area contributed by atoms with E-state index in [1.807, 2.05) is 6.92 Å². The lowest BCUT2D eigenvalue weighted by Crippen LogP contribution is -2.39. The van der Waals surface area contributed by atoms with Crippen LogP contribution in [0.1, 0.15) is 16.7 Å². The molecule has 0 fully saturated rings. The molecule has 0 aromatic heterocycles. The molecule has 0 aliphatic rings. The van der Waals surface area contributed by atoms with Gasteiger partial charge in [0.15, 0.2) is 0 Å². The summed E-state index contributed by atoms with van der Waals surface area (Å²) in [4.78, 5) is 12.7. The molecule has 0 saturated carbocycles. The van der Waals surface area contributed by atoms with Crippen LogP contribution in [0.4, 0.5) is 0 Å². The Kier molecular flexibility index (Phi) is 8.51. The quantitative estimate of drug-likeness (QED) is 0.321. The average molecular weight is 525 g/mol. The van der Waals surface area contributed by atoms with Gasteiger partial charge < -0.3 is 0 Å². The molecule has 0 saturated heterocycles. The minimum Gasteiger partial charge on any atom is -0.272 e. The second kappa shape index (κ2) is 11.1. The van der Waals surface area contributed by atoms with Gasteiger partial charge >= 0.3 is 0 Å². The normalized spacial score (nSPS) is 11.8. The monoisotopic (exact) mass is 523 g/mol. The van der Waals surface area contributed by atoms with Gasteiger partial charge in [-0.1, -0.05) is 70.7 Å². The Morgan fingerprint density at radius 2 is 1.58 bits per heavy atom. The van der Waals surface area contributed by atoms with E-state index >= 15 is 0 Å². The molecule has 0 heterocycles. The summed E-state index contributed by atoms with van der Waals surface area (Å²) in [5.41, 5.74) is 4.36. The molecule has 33 heavy (non-hydrogen) atoms. The fraction of sp³-hybridized carbons (Fsp3) is 0.130. The Morgan fingerprint density at radius 3 is 2.18 bits per heavy atom. The molecule has 1 amide bonds. The Hall–Kier alpha value is -2.42. The third-order valence-electron chi connectivity index (χ3n) is 4.63. The number of sulfonamides is 1. The summed E-state index contributed by atoms with van der Waals surface area (Å²) in [6, 6.07) is 18.1. The zero-order valence-electron chi connectivity index (χ0n) is 17.5. The van der Waals surface area contributed by atoms with Gasteiger partial charge in [-0.05, 0) is 48.9 Å². The van der Waals surface area contributed by atoms with Gasteiger partial charge in [-0.25, -0.2) is 13.8 Å². The van der Waals surface area contributed by atoms with Crippen LogP contribution in [0.2, 0.25) is 15.1 Å². The Morgan fingerprint density at radius 1 is 0.970 bits per heavy atom. The van der Waals surface area contributed by atoms with E-state index in [2.05, 4.69) is 10.5 Å². The third kappa shape index (κ3) is 6.79. The van der Waals surface area contributed by atoms with E-state index in [-0.39, 0.29) is 11.4 Å². The first-order valence-electron chi connectivity index (χ1n) is 9.74. The summed E-state index contributed by atoms with van der Waals surface area (Å²) in [5.74, 6) is -0.626. The summed E-state index contributed by atoms with van der Waals surface area (Å²) >= 11 is 18.1. The van der Waals surface area contributed by atoms with Crippen LogP contribution in [0.3, 0.4) is 0 Å². The standard InChI is InChI=1S/C23H20Cl3N3O3S/c1-16-5-11-19(12-6-16)33(31,32)29(14-17-7-9-18(24)10-8-17)15-23(30)28-27-13-20-21(25)3-2-4-22(20)26/h2-13H,14-15H2,1H3,(H,28,30)/b27-13-. The van der Waals surface area contributed by atoms with Crippen molar-refractivity contribution in [2.45, 2.75) is 18.4 Å². The van der Waals surface area contributed by atoms with Crippen molar-refractivity contribution in [3.63, 3.8) is 0 Å². The van der Waals surface area contributed by atoms with E-state index in [1.165, 1.54) is 18.3 Å². The van der Waals surface area contributed by atoms with Crippen LogP contribution in [0.5, 0.6) is 0 Å². The molecule has 3 aromatic rings. The molecule has 3 aromatic carbocycles. The number of hydrogen-bond donors (Lipinski definition) is 1. The molecule has 6 nitrogen and oxygen atoms in total. The summed E-state index contributed by atoms with van der Waals surface area (Å²) in [7, 11) is -3.97. The highest BCUT2D eigenvalue weighted by Gasteiger charge is 2.27. The maximum atomic E-state index is 13.3. The van der Waals surface area contributed by atoms with E-state index in [4.69, 9.17) is 34.8 Å². The lowest BCUT2D eigenvalue weighted by Gasteiger charge is -2.21. The largest absolute Gasteiger partial charge is 0.272 e. The van der Waals surface area contributed by atoms with Crippen LogP contribution in [0.25, 0.3) is 0 Å². The zero-order valence-corrected chi connectivity index (χ0v) is 20.6. The number of carbonyl (C=O) groups excluding carboxylic acids is 1. The number of rotatable bonds is 8. The first-order valence-corrected chi connectivity index (χ1v) is 12.3. The molecule has 10 heteroatoms. The van der Waals surface area contributed by atoms with Gasteiger partial charge in [0.1, 0.15) is 0 Å².